The Morgan fingerprint density at radius 1 is 0.878 bits per heavy atom. The number of Topliss-reactive ketones (excluding diaryl/α,β-unsaturated/α-hetero) is 1. The average Bonchev–Trinajstić information content (AvgIpc) is 3.59. The third kappa shape index (κ3) is 5.60. The van der Waals surface area contributed by atoms with E-state index >= 15 is 0 Å². The van der Waals surface area contributed by atoms with E-state index in [2.05, 4.69) is 15.2 Å². The smallest absolute Gasteiger partial charge is 0.301 e. The summed E-state index contributed by atoms with van der Waals surface area (Å²) in [6.45, 7) is 0. The lowest BCUT2D eigenvalue weighted by Gasteiger charge is -2.23. The van der Waals surface area contributed by atoms with Gasteiger partial charge in [0, 0.05) is 23.7 Å². The Morgan fingerprint density at radius 3 is 2.34 bits per heavy atom. The number of hydrogen-bond donors (Lipinski definition) is 1. The third-order valence-corrected chi connectivity index (χ3v) is 8.48. The summed E-state index contributed by atoms with van der Waals surface area (Å²) in [6, 6.07) is 28.6. The number of ether oxygens (including phenoxy) is 1. The summed E-state index contributed by atoms with van der Waals surface area (Å²) >= 11 is 2.71. The number of para-hydroxylation sites is 1. The molecule has 2 aromatic heterocycles. The first kappa shape index (κ1) is 26.4. The number of benzene rings is 3. The predicted octanol–water partition coefficient (Wildman–Crippen LogP) is 6.64. The van der Waals surface area contributed by atoms with E-state index in [1.165, 1.54) is 40.4 Å². The molecule has 3 heterocycles. The van der Waals surface area contributed by atoms with Crippen LogP contribution in [0.5, 0.6) is 11.5 Å². The highest BCUT2D eigenvalue weighted by Gasteiger charge is 2.48. The van der Waals surface area contributed by atoms with Crippen LogP contribution in [0.3, 0.4) is 0 Å². The first-order valence-corrected chi connectivity index (χ1v) is 14.4. The largest absolute Gasteiger partial charge is 0.507 e. The standard InChI is InChI=1S/C31H22N4O4S2/c36-27(21-14-16-32-17-15-21)25-26(22-10-7-13-24(18-22)39-23-11-5-2-6-12-23)35(29(38)28(25)37)30-33-34-31(41-30)40-19-20-8-3-1-4-9-20/h1-18,26,36H,19H2/b27-25+. The van der Waals surface area contributed by atoms with Crippen LogP contribution in [0.4, 0.5) is 5.13 Å². The Hall–Kier alpha value is -4.80. The lowest BCUT2D eigenvalue weighted by Crippen LogP contribution is -2.29. The molecular formula is C31H22N4O4S2. The maximum Gasteiger partial charge on any atom is 0.301 e. The van der Waals surface area contributed by atoms with Gasteiger partial charge in [-0.05, 0) is 47.5 Å². The van der Waals surface area contributed by atoms with Crippen LogP contribution in [-0.4, -0.2) is 32.0 Å². The highest BCUT2D eigenvalue weighted by atomic mass is 32.2. The fourth-order valence-corrected chi connectivity index (χ4v) is 6.28. The number of aliphatic hydroxyl groups is 1. The molecule has 0 bridgehead atoms. The molecule has 1 unspecified atom stereocenters. The summed E-state index contributed by atoms with van der Waals surface area (Å²) in [5.74, 6) is -0.0725. The van der Waals surface area contributed by atoms with Gasteiger partial charge in [0.1, 0.15) is 17.3 Å². The number of aromatic nitrogens is 3. The Bertz CT molecular complexity index is 1730. The monoisotopic (exact) mass is 578 g/mol. The molecule has 1 saturated heterocycles. The average molecular weight is 579 g/mol. The molecule has 5 aromatic rings. The van der Waals surface area contributed by atoms with Crippen LogP contribution in [0, 0.1) is 0 Å². The molecule has 1 aliphatic heterocycles. The van der Waals surface area contributed by atoms with Gasteiger partial charge in [0.25, 0.3) is 5.78 Å². The molecule has 1 fully saturated rings. The summed E-state index contributed by atoms with van der Waals surface area (Å²) in [7, 11) is 0. The zero-order valence-electron chi connectivity index (χ0n) is 21.5. The number of carbonyl (C=O) groups excluding carboxylic acids is 2. The minimum absolute atomic E-state index is 0.0493. The Kier molecular flexibility index (Phi) is 7.57. The van der Waals surface area contributed by atoms with Gasteiger partial charge in [-0.25, -0.2) is 0 Å². The number of anilines is 1. The second-order valence-electron chi connectivity index (χ2n) is 9.02. The van der Waals surface area contributed by atoms with E-state index in [9.17, 15) is 14.7 Å². The van der Waals surface area contributed by atoms with Crippen LogP contribution in [0.1, 0.15) is 22.7 Å². The molecule has 0 saturated carbocycles. The molecular weight excluding hydrogens is 556 g/mol. The van der Waals surface area contributed by atoms with Crippen molar-refractivity contribution in [3.63, 3.8) is 0 Å². The van der Waals surface area contributed by atoms with Crippen LogP contribution in [0.15, 0.2) is 119 Å². The number of ketones is 1. The van der Waals surface area contributed by atoms with Crippen molar-refractivity contribution in [3.05, 3.63) is 132 Å². The van der Waals surface area contributed by atoms with Gasteiger partial charge in [0.2, 0.25) is 5.13 Å². The summed E-state index contributed by atoms with van der Waals surface area (Å²) < 4.78 is 6.68. The van der Waals surface area contributed by atoms with Crippen molar-refractivity contribution >= 4 is 45.7 Å². The number of aliphatic hydroxyl groups excluding tert-OH is 1. The molecule has 8 nitrogen and oxygen atoms in total. The number of rotatable bonds is 8. The van der Waals surface area contributed by atoms with E-state index < -0.39 is 17.7 Å². The zero-order chi connectivity index (χ0) is 28.2. The molecule has 0 radical (unpaired) electrons. The molecule has 1 aliphatic rings. The fourth-order valence-electron chi connectivity index (χ4n) is 4.46. The van der Waals surface area contributed by atoms with E-state index in [4.69, 9.17) is 4.74 Å². The van der Waals surface area contributed by atoms with E-state index in [-0.39, 0.29) is 16.5 Å². The van der Waals surface area contributed by atoms with Crippen molar-refractivity contribution in [1.29, 1.82) is 0 Å². The Morgan fingerprint density at radius 2 is 1.59 bits per heavy atom. The number of nitrogens with zero attached hydrogens (tertiary/aromatic N) is 4. The van der Waals surface area contributed by atoms with Crippen LogP contribution < -0.4 is 9.64 Å². The van der Waals surface area contributed by atoms with Crippen LogP contribution in [-0.2, 0) is 15.3 Å². The van der Waals surface area contributed by atoms with Gasteiger partial charge in [-0.1, -0.05) is 83.8 Å². The lowest BCUT2D eigenvalue weighted by molar-refractivity contribution is -0.132. The van der Waals surface area contributed by atoms with Gasteiger partial charge in [-0.2, -0.15) is 0 Å². The van der Waals surface area contributed by atoms with E-state index in [1.807, 2.05) is 60.7 Å². The highest BCUT2D eigenvalue weighted by Crippen LogP contribution is 2.44. The van der Waals surface area contributed by atoms with Gasteiger partial charge in [0.05, 0.1) is 11.6 Å². The van der Waals surface area contributed by atoms with Crippen molar-refractivity contribution < 1.29 is 19.4 Å². The maximum atomic E-state index is 13.5. The highest BCUT2D eigenvalue weighted by molar-refractivity contribution is 8.00. The molecule has 1 N–H and O–H groups in total. The van der Waals surface area contributed by atoms with Gasteiger partial charge < -0.3 is 9.84 Å². The topological polar surface area (TPSA) is 106 Å². The third-order valence-electron chi connectivity index (χ3n) is 6.36. The summed E-state index contributed by atoms with van der Waals surface area (Å²) in [4.78, 5) is 32.3. The molecule has 41 heavy (non-hydrogen) atoms. The second kappa shape index (κ2) is 11.7. The van der Waals surface area contributed by atoms with E-state index in [0.29, 0.717) is 32.7 Å². The van der Waals surface area contributed by atoms with Crippen molar-refractivity contribution in [2.75, 3.05) is 4.90 Å². The molecule has 1 atom stereocenters. The SMILES string of the molecule is O=C1C(=O)N(c2nnc(SCc3ccccc3)s2)C(c2cccc(Oc3ccccc3)c2)/C1=C(\O)c1ccncc1. The van der Waals surface area contributed by atoms with E-state index in [1.54, 1.807) is 36.4 Å². The minimum atomic E-state index is -0.956. The number of amides is 1. The summed E-state index contributed by atoms with van der Waals surface area (Å²) in [5, 5.41) is 20.1. The summed E-state index contributed by atoms with van der Waals surface area (Å²) in [6.07, 6.45) is 3.02. The van der Waals surface area contributed by atoms with Crippen LogP contribution in [0.2, 0.25) is 0 Å². The Balaban J connectivity index is 1.40. The summed E-state index contributed by atoms with van der Waals surface area (Å²) in [5.41, 5.74) is 2.02. The number of hydrogen-bond acceptors (Lipinski definition) is 9. The minimum Gasteiger partial charge on any atom is -0.507 e. The number of carbonyl (C=O) groups is 2. The lowest BCUT2D eigenvalue weighted by atomic mass is 9.95. The van der Waals surface area contributed by atoms with Gasteiger partial charge in [0.15, 0.2) is 4.34 Å². The van der Waals surface area contributed by atoms with Gasteiger partial charge in [-0.15, -0.1) is 10.2 Å². The first-order chi connectivity index (χ1) is 20.1. The van der Waals surface area contributed by atoms with Crippen molar-refractivity contribution in [2.24, 2.45) is 0 Å². The van der Waals surface area contributed by atoms with Crippen molar-refractivity contribution in [1.82, 2.24) is 15.2 Å². The number of thioether (sulfide) groups is 1. The van der Waals surface area contributed by atoms with Crippen LogP contribution >= 0.6 is 23.1 Å². The van der Waals surface area contributed by atoms with Crippen molar-refractivity contribution in [3.8, 4) is 11.5 Å². The number of pyridine rings is 1. The predicted molar refractivity (Wildman–Crippen MR) is 158 cm³/mol. The van der Waals surface area contributed by atoms with E-state index in [0.717, 1.165) is 5.56 Å². The van der Waals surface area contributed by atoms with Gasteiger partial charge >= 0.3 is 5.91 Å². The molecule has 202 valence electrons. The first-order valence-electron chi connectivity index (χ1n) is 12.6. The van der Waals surface area contributed by atoms with Gasteiger partial charge in [-0.3, -0.25) is 19.5 Å². The Labute approximate surface area is 244 Å². The molecule has 6 rings (SSSR count). The maximum absolute atomic E-state index is 13.5. The zero-order valence-corrected chi connectivity index (χ0v) is 23.1. The molecule has 10 heteroatoms. The normalized spacial score (nSPS) is 16.2. The molecule has 1 amide bonds. The van der Waals surface area contributed by atoms with Crippen molar-refractivity contribution in [2.45, 2.75) is 16.1 Å². The van der Waals surface area contributed by atoms with Crippen LogP contribution in [0.25, 0.3) is 5.76 Å². The fraction of sp³-hybridized carbons (Fsp3) is 0.0645. The quantitative estimate of drug-likeness (QED) is 0.0718. The molecule has 0 spiro atoms. The molecule has 3 aromatic carbocycles. The molecule has 0 aliphatic carbocycles. The second-order valence-corrected chi connectivity index (χ2v) is 11.2.